The molecule has 1 rings (SSSR count). The Balaban J connectivity index is 2.04. The lowest BCUT2D eigenvalue weighted by Crippen LogP contribution is -2.12. The number of rotatable bonds is 3. The van der Waals surface area contributed by atoms with Gasteiger partial charge in [0.25, 0.3) is 0 Å². The van der Waals surface area contributed by atoms with Crippen LogP contribution in [0.3, 0.4) is 0 Å². The molecule has 1 saturated carbocycles. The lowest BCUT2D eigenvalue weighted by Gasteiger charge is -2.08. The van der Waals surface area contributed by atoms with Crippen molar-refractivity contribution >= 4 is 40.8 Å². The molecular weight excluding hydrogens is 262 g/mol. The van der Waals surface area contributed by atoms with Crippen LogP contribution in [0.5, 0.6) is 0 Å². The van der Waals surface area contributed by atoms with Gasteiger partial charge in [-0.25, -0.2) is 0 Å². The Labute approximate surface area is 103 Å². The second kappa shape index (κ2) is 5.81. The van der Waals surface area contributed by atoms with Crippen molar-refractivity contribution in [1.82, 2.24) is 0 Å². The average Bonchev–Trinajstić information content (AvgIpc) is 2.91. The number of ether oxygens (including phenoxy) is 2. The summed E-state index contributed by atoms with van der Waals surface area (Å²) in [6.07, 6.45) is 4.03. The number of carbonyl (C=O) groups is 1. The molecule has 0 spiro atoms. The summed E-state index contributed by atoms with van der Waals surface area (Å²) in [6.45, 7) is 0.00871. The highest BCUT2D eigenvalue weighted by Crippen LogP contribution is 2.29. The molecular formula is C9H9Cl3O3. The van der Waals surface area contributed by atoms with Gasteiger partial charge in [-0.1, -0.05) is 34.8 Å². The minimum atomic E-state index is -1.44. The molecule has 0 aromatic carbocycles. The van der Waals surface area contributed by atoms with Crippen LogP contribution in [0.1, 0.15) is 12.8 Å². The summed E-state index contributed by atoms with van der Waals surface area (Å²) in [5, 5.41) is 0. The second-order valence-corrected chi connectivity index (χ2v) is 5.60. The fraction of sp³-hybridized carbons (Fsp3) is 0.667. The smallest absolute Gasteiger partial charge is 0.322 e. The predicted molar refractivity (Wildman–Crippen MR) is 57.7 cm³/mol. The first-order valence-electron chi connectivity index (χ1n) is 4.32. The topological polar surface area (TPSA) is 35.5 Å². The molecule has 1 aliphatic carbocycles. The molecule has 3 nitrogen and oxygen atoms in total. The van der Waals surface area contributed by atoms with Crippen molar-refractivity contribution in [2.24, 2.45) is 5.92 Å². The van der Waals surface area contributed by atoms with Crippen LogP contribution in [-0.2, 0) is 14.3 Å². The Hall–Kier alpha value is -0.140. The molecule has 84 valence electrons. The highest BCUT2D eigenvalue weighted by molar-refractivity contribution is 6.67. The third kappa shape index (κ3) is 6.86. The summed E-state index contributed by atoms with van der Waals surface area (Å²) in [5.74, 6) is 2.25. The quantitative estimate of drug-likeness (QED) is 0.342. The minimum Gasteiger partial charge on any atom is -0.372 e. The van der Waals surface area contributed by atoms with Gasteiger partial charge < -0.3 is 9.47 Å². The van der Waals surface area contributed by atoms with Crippen molar-refractivity contribution < 1.29 is 14.3 Å². The predicted octanol–water partition coefficient (Wildman–Crippen LogP) is 2.29. The maximum atomic E-state index is 11.0. The lowest BCUT2D eigenvalue weighted by molar-refractivity contribution is -0.138. The molecule has 1 aliphatic rings. The number of hydrogen-bond acceptors (Lipinski definition) is 3. The van der Waals surface area contributed by atoms with E-state index in [9.17, 15) is 4.79 Å². The molecule has 0 heterocycles. The van der Waals surface area contributed by atoms with Gasteiger partial charge in [0.1, 0.15) is 12.7 Å². The van der Waals surface area contributed by atoms with E-state index in [0.29, 0.717) is 0 Å². The van der Waals surface area contributed by atoms with E-state index in [4.69, 9.17) is 39.5 Å². The molecule has 0 aromatic heterocycles. The highest BCUT2D eigenvalue weighted by Gasteiger charge is 2.31. The van der Waals surface area contributed by atoms with E-state index in [1.807, 2.05) is 0 Å². The maximum Gasteiger partial charge on any atom is 0.322 e. The monoisotopic (exact) mass is 270 g/mol. The molecule has 6 heteroatoms. The van der Waals surface area contributed by atoms with Gasteiger partial charge in [0, 0.05) is 0 Å². The number of halogens is 3. The van der Waals surface area contributed by atoms with Crippen molar-refractivity contribution in [1.29, 1.82) is 0 Å². The second-order valence-electron chi connectivity index (χ2n) is 3.08. The normalized spacial score (nSPS) is 15.4. The van der Waals surface area contributed by atoms with Crippen LogP contribution in [0, 0.1) is 17.9 Å². The molecule has 0 atom stereocenters. The van der Waals surface area contributed by atoms with Crippen LogP contribution in [-0.4, -0.2) is 23.0 Å². The van der Waals surface area contributed by atoms with Crippen molar-refractivity contribution in [3.8, 4) is 12.0 Å². The molecule has 0 N–H and O–H groups in total. The van der Waals surface area contributed by atoms with E-state index in [-0.39, 0.29) is 25.1 Å². The van der Waals surface area contributed by atoms with Crippen LogP contribution < -0.4 is 0 Å². The van der Waals surface area contributed by atoms with E-state index in [2.05, 4.69) is 16.8 Å². The third-order valence-electron chi connectivity index (χ3n) is 1.57. The minimum absolute atomic E-state index is 0.0430. The number of alkyl halides is 3. The molecule has 0 radical (unpaired) electrons. The van der Waals surface area contributed by atoms with Crippen LogP contribution in [0.25, 0.3) is 0 Å². The SMILES string of the molecule is O=C(OC#CCOCC(Cl)(Cl)Cl)C1CC1. The number of esters is 1. The molecule has 0 aromatic rings. The maximum absolute atomic E-state index is 11.0. The van der Waals surface area contributed by atoms with Crippen molar-refractivity contribution in [3.05, 3.63) is 0 Å². The molecule has 1 fully saturated rings. The van der Waals surface area contributed by atoms with Crippen molar-refractivity contribution in [3.63, 3.8) is 0 Å². The first kappa shape index (κ1) is 12.9. The molecule has 0 saturated heterocycles. The Kier molecular flexibility index (Phi) is 5.01. The average molecular weight is 272 g/mol. The summed E-state index contributed by atoms with van der Waals surface area (Å²) in [5.41, 5.74) is 0. The molecule has 15 heavy (non-hydrogen) atoms. The number of carbonyl (C=O) groups excluding carboxylic acids is 1. The van der Waals surface area contributed by atoms with Crippen molar-refractivity contribution in [2.75, 3.05) is 13.2 Å². The van der Waals surface area contributed by atoms with Gasteiger partial charge in [-0.05, 0) is 18.8 Å². The summed E-state index contributed by atoms with van der Waals surface area (Å²) in [7, 11) is 0. The van der Waals surface area contributed by atoms with Gasteiger partial charge in [-0.2, -0.15) is 0 Å². The van der Waals surface area contributed by atoms with Crippen LogP contribution in [0.4, 0.5) is 0 Å². The summed E-state index contributed by atoms with van der Waals surface area (Å²) in [4.78, 5) is 11.0. The zero-order valence-electron chi connectivity index (χ0n) is 7.76. The fourth-order valence-electron chi connectivity index (χ4n) is 0.736. The van der Waals surface area contributed by atoms with E-state index in [0.717, 1.165) is 12.8 Å². The standard InChI is InChI=1S/C9H9Cl3O3/c10-9(11,12)6-14-4-1-5-15-8(13)7-2-3-7/h7H,2-4,6H2. The Morgan fingerprint density at radius 1 is 1.40 bits per heavy atom. The van der Waals surface area contributed by atoms with Gasteiger partial charge in [0.15, 0.2) is 0 Å². The van der Waals surface area contributed by atoms with E-state index >= 15 is 0 Å². The van der Waals surface area contributed by atoms with E-state index in [1.54, 1.807) is 0 Å². The number of hydrogen-bond donors (Lipinski definition) is 0. The van der Waals surface area contributed by atoms with Crippen LogP contribution in [0.15, 0.2) is 0 Å². The zero-order chi connectivity index (χ0) is 11.3. The van der Waals surface area contributed by atoms with Gasteiger partial charge in [0.2, 0.25) is 3.79 Å². The van der Waals surface area contributed by atoms with E-state index < -0.39 is 3.79 Å². The van der Waals surface area contributed by atoms with Crippen LogP contribution in [0.2, 0.25) is 0 Å². The van der Waals surface area contributed by atoms with Gasteiger partial charge >= 0.3 is 5.97 Å². The largest absolute Gasteiger partial charge is 0.372 e. The first-order chi connectivity index (χ1) is 6.99. The summed E-state index contributed by atoms with van der Waals surface area (Å²) in [6, 6.07) is 0. The van der Waals surface area contributed by atoms with Gasteiger partial charge in [0.05, 0.1) is 12.5 Å². The highest BCUT2D eigenvalue weighted by atomic mass is 35.6. The Morgan fingerprint density at radius 3 is 2.60 bits per heavy atom. The molecule has 0 unspecified atom stereocenters. The van der Waals surface area contributed by atoms with Gasteiger partial charge in [-0.3, -0.25) is 4.79 Å². The van der Waals surface area contributed by atoms with Crippen molar-refractivity contribution in [2.45, 2.75) is 16.6 Å². The zero-order valence-corrected chi connectivity index (χ0v) is 10.0. The molecule has 0 aliphatic heterocycles. The first-order valence-corrected chi connectivity index (χ1v) is 5.45. The fourth-order valence-corrected chi connectivity index (χ4v) is 0.967. The summed E-state index contributed by atoms with van der Waals surface area (Å²) < 4.78 is 8.08. The summed E-state index contributed by atoms with van der Waals surface area (Å²) >= 11 is 16.3. The van der Waals surface area contributed by atoms with Gasteiger partial charge in [-0.15, -0.1) is 0 Å². The van der Waals surface area contributed by atoms with E-state index in [1.165, 1.54) is 0 Å². The third-order valence-corrected chi connectivity index (χ3v) is 1.90. The molecule has 0 bridgehead atoms. The lowest BCUT2D eigenvalue weighted by atomic mass is 10.4. The van der Waals surface area contributed by atoms with Crippen LogP contribution >= 0.6 is 34.8 Å². The Morgan fingerprint density at radius 2 is 2.07 bits per heavy atom. The Bertz CT molecular complexity index is 283. The molecule has 0 amide bonds.